The molecule has 1 saturated heterocycles. The van der Waals surface area contributed by atoms with Crippen LogP contribution in [0.5, 0.6) is 0 Å². The number of nitrogens with one attached hydrogen (secondary N) is 1. The summed E-state index contributed by atoms with van der Waals surface area (Å²) in [4.78, 5) is 38.4. The van der Waals surface area contributed by atoms with E-state index in [1.54, 1.807) is 20.8 Å². The van der Waals surface area contributed by atoms with Crippen LogP contribution in [0.4, 0.5) is 9.80 Å². The highest BCUT2D eigenvalue weighted by molar-refractivity contribution is 7.89. The normalized spacial score (nSPS) is 14.1. The molecule has 0 spiro atoms. The highest BCUT2D eigenvalue weighted by Gasteiger charge is 2.31. The lowest BCUT2D eigenvalue weighted by atomic mass is 10.1. The number of thiophene rings is 1. The van der Waals surface area contributed by atoms with E-state index in [1.165, 1.54) is 33.5 Å². The SMILES string of the molecule is CCOC(=O)c1sc(NC(=O)c2ccc(S(=O)(=O)N3CCN(C(=O)OCC)CC3)cc2)c(C#N)c1C. The lowest BCUT2D eigenvalue weighted by Gasteiger charge is -2.33. The minimum absolute atomic E-state index is 0.0120. The number of esters is 1. The van der Waals surface area contributed by atoms with Gasteiger partial charge in [-0.1, -0.05) is 0 Å². The fourth-order valence-electron chi connectivity index (χ4n) is 3.56. The number of rotatable bonds is 7. The summed E-state index contributed by atoms with van der Waals surface area (Å²) in [6.07, 6.45) is -0.472. The number of anilines is 1. The minimum atomic E-state index is -3.82. The Bertz CT molecular complexity index is 1290. The second-order valence-electron chi connectivity index (χ2n) is 7.66. The molecule has 1 aromatic carbocycles. The van der Waals surface area contributed by atoms with Gasteiger partial charge in [0.1, 0.15) is 15.9 Å². The van der Waals surface area contributed by atoms with Crippen LogP contribution in [-0.4, -0.2) is 75.0 Å². The average Bonchev–Trinajstić information content (AvgIpc) is 3.19. The van der Waals surface area contributed by atoms with Crippen molar-refractivity contribution in [1.29, 1.82) is 5.26 Å². The van der Waals surface area contributed by atoms with Gasteiger partial charge >= 0.3 is 12.1 Å². The standard InChI is InChI=1S/C23H26N4O7S2/c1-4-33-22(29)19-15(3)18(14-24)21(35-19)25-20(28)16-6-8-17(9-7-16)36(31,32)27-12-10-26(11-13-27)23(30)34-5-2/h6-9H,4-5,10-13H2,1-3H3,(H,25,28). The maximum atomic E-state index is 13.0. The third kappa shape index (κ3) is 5.67. The summed E-state index contributed by atoms with van der Waals surface area (Å²) in [6.45, 7) is 6.07. The van der Waals surface area contributed by atoms with Crippen LogP contribution in [0.1, 0.15) is 45.0 Å². The van der Waals surface area contributed by atoms with Gasteiger partial charge in [0.05, 0.1) is 23.7 Å². The summed E-state index contributed by atoms with van der Waals surface area (Å²) in [6, 6.07) is 7.39. The molecule has 36 heavy (non-hydrogen) atoms. The van der Waals surface area contributed by atoms with Crippen molar-refractivity contribution in [3.8, 4) is 6.07 Å². The molecule has 2 amide bonds. The van der Waals surface area contributed by atoms with Crippen molar-refractivity contribution in [3.63, 3.8) is 0 Å². The average molecular weight is 535 g/mol. The monoisotopic (exact) mass is 534 g/mol. The highest BCUT2D eigenvalue weighted by atomic mass is 32.2. The quantitative estimate of drug-likeness (QED) is 0.534. The lowest BCUT2D eigenvalue weighted by molar-refractivity contribution is 0.0531. The number of benzene rings is 1. The molecule has 192 valence electrons. The second kappa shape index (κ2) is 11.5. The van der Waals surface area contributed by atoms with Crippen LogP contribution >= 0.6 is 11.3 Å². The number of carbonyl (C=O) groups is 3. The lowest BCUT2D eigenvalue weighted by Crippen LogP contribution is -2.50. The maximum Gasteiger partial charge on any atom is 0.409 e. The van der Waals surface area contributed by atoms with Crippen molar-refractivity contribution in [2.75, 3.05) is 44.7 Å². The largest absolute Gasteiger partial charge is 0.462 e. The third-order valence-corrected chi connectivity index (χ3v) is 8.57. The van der Waals surface area contributed by atoms with Crippen molar-refractivity contribution < 1.29 is 32.3 Å². The molecule has 0 bridgehead atoms. The zero-order valence-electron chi connectivity index (χ0n) is 20.1. The summed E-state index contributed by atoms with van der Waals surface area (Å²) in [5, 5.41) is 12.3. The molecule has 1 N–H and O–H groups in total. The van der Waals surface area contributed by atoms with E-state index in [1.807, 2.05) is 6.07 Å². The van der Waals surface area contributed by atoms with Crippen molar-refractivity contribution in [1.82, 2.24) is 9.21 Å². The number of amides is 2. The predicted molar refractivity (Wildman–Crippen MR) is 131 cm³/mol. The van der Waals surface area contributed by atoms with Crippen LogP contribution < -0.4 is 5.32 Å². The molecule has 0 unspecified atom stereocenters. The molecule has 2 aromatic rings. The number of ether oxygens (including phenoxy) is 2. The molecule has 2 heterocycles. The highest BCUT2D eigenvalue weighted by Crippen LogP contribution is 2.33. The van der Waals surface area contributed by atoms with Gasteiger partial charge < -0.3 is 19.7 Å². The Hall–Kier alpha value is -3.47. The Morgan fingerprint density at radius 1 is 1.06 bits per heavy atom. The molecular formula is C23H26N4O7S2. The van der Waals surface area contributed by atoms with Gasteiger partial charge in [-0.15, -0.1) is 11.3 Å². The van der Waals surface area contributed by atoms with Crippen molar-refractivity contribution >= 4 is 44.3 Å². The summed E-state index contributed by atoms with van der Waals surface area (Å²) in [5.41, 5.74) is 0.756. The van der Waals surface area contributed by atoms with Gasteiger partial charge in [-0.3, -0.25) is 4.79 Å². The van der Waals surface area contributed by atoms with Crippen molar-refractivity contribution in [2.45, 2.75) is 25.7 Å². The molecule has 1 aliphatic heterocycles. The van der Waals surface area contributed by atoms with Crippen LogP contribution in [0, 0.1) is 18.3 Å². The second-order valence-corrected chi connectivity index (χ2v) is 10.6. The van der Waals surface area contributed by atoms with Crippen molar-refractivity contribution in [3.05, 3.63) is 45.8 Å². The molecule has 13 heteroatoms. The van der Waals surface area contributed by atoms with E-state index < -0.39 is 28.0 Å². The number of carbonyl (C=O) groups excluding carboxylic acids is 3. The predicted octanol–water partition coefficient (Wildman–Crippen LogP) is 2.82. The first-order chi connectivity index (χ1) is 17.1. The Morgan fingerprint density at radius 3 is 2.22 bits per heavy atom. The number of hydrogen-bond donors (Lipinski definition) is 1. The molecule has 11 nitrogen and oxygen atoms in total. The Labute approximate surface area is 213 Å². The minimum Gasteiger partial charge on any atom is -0.462 e. The summed E-state index contributed by atoms with van der Waals surface area (Å²) < 4.78 is 37.3. The van der Waals surface area contributed by atoms with Gasteiger partial charge in [-0.25, -0.2) is 18.0 Å². The van der Waals surface area contributed by atoms with Gasteiger partial charge in [-0.2, -0.15) is 9.57 Å². The van der Waals surface area contributed by atoms with Crippen LogP contribution in [0.15, 0.2) is 29.2 Å². The van der Waals surface area contributed by atoms with Crippen molar-refractivity contribution in [2.24, 2.45) is 0 Å². The molecule has 1 fully saturated rings. The van der Waals surface area contributed by atoms with Crippen LogP contribution in [0.25, 0.3) is 0 Å². The number of piperazine rings is 1. The fraction of sp³-hybridized carbons (Fsp3) is 0.391. The van der Waals surface area contributed by atoms with E-state index in [0.29, 0.717) is 5.56 Å². The summed E-state index contributed by atoms with van der Waals surface area (Å²) in [5.74, 6) is -1.13. The van der Waals surface area contributed by atoms with E-state index in [9.17, 15) is 28.1 Å². The van der Waals surface area contributed by atoms with Gasteiger partial charge in [0.25, 0.3) is 5.91 Å². The zero-order valence-corrected chi connectivity index (χ0v) is 21.7. The van der Waals surface area contributed by atoms with E-state index in [0.717, 1.165) is 11.3 Å². The Kier molecular flexibility index (Phi) is 8.67. The van der Waals surface area contributed by atoms with Gasteiger partial charge in [0.2, 0.25) is 10.0 Å². The van der Waals surface area contributed by atoms with Gasteiger partial charge in [0, 0.05) is 31.7 Å². The number of hydrogen-bond acceptors (Lipinski definition) is 9. The Morgan fingerprint density at radius 2 is 1.67 bits per heavy atom. The Balaban J connectivity index is 1.71. The summed E-state index contributed by atoms with van der Waals surface area (Å²) >= 11 is 0.945. The molecule has 0 atom stereocenters. The molecule has 1 aromatic heterocycles. The number of nitriles is 1. The topological polar surface area (TPSA) is 146 Å². The first-order valence-corrected chi connectivity index (χ1v) is 13.4. The van der Waals surface area contributed by atoms with Gasteiger partial charge in [-0.05, 0) is 50.6 Å². The molecule has 1 aliphatic rings. The maximum absolute atomic E-state index is 13.0. The van der Waals surface area contributed by atoms with E-state index in [2.05, 4.69) is 5.32 Å². The molecular weight excluding hydrogens is 508 g/mol. The van der Waals surface area contributed by atoms with E-state index >= 15 is 0 Å². The van der Waals surface area contributed by atoms with Gasteiger partial charge in [0.15, 0.2) is 0 Å². The molecule has 3 rings (SSSR count). The molecule has 0 radical (unpaired) electrons. The first-order valence-electron chi connectivity index (χ1n) is 11.2. The smallest absolute Gasteiger partial charge is 0.409 e. The van der Waals surface area contributed by atoms with Crippen LogP contribution in [0.2, 0.25) is 0 Å². The van der Waals surface area contributed by atoms with Crippen LogP contribution in [0.3, 0.4) is 0 Å². The first kappa shape index (κ1) is 27.1. The molecule has 0 saturated carbocycles. The zero-order chi connectivity index (χ0) is 26.5. The van der Waals surface area contributed by atoms with Crippen LogP contribution in [-0.2, 0) is 19.5 Å². The third-order valence-electron chi connectivity index (χ3n) is 5.47. The number of sulfonamides is 1. The molecule has 0 aliphatic carbocycles. The van der Waals surface area contributed by atoms with E-state index in [4.69, 9.17) is 9.47 Å². The number of nitrogens with zero attached hydrogens (tertiary/aromatic N) is 3. The summed E-state index contributed by atoms with van der Waals surface area (Å²) in [7, 11) is -3.82. The van der Waals surface area contributed by atoms with E-state index in [-0.39, 0.29) is 65.3 Å². The fourth-order valence-corrected chi connectivity index (χ4v) is 6.02.